The third-order valence-electron chi connectivity index (χ3n) is 4.03. The molecule has 0 aromatic heterocycles. The second kappa shape index (κ2) is 6.75. The van der Waals surface area contributed by atoms with Gasteiger partial charge in [-0.3, -0.25) is 4.79 Å². The van der Waals surface area contributed by atoms with Crippen LogP contribution < -0.4 is 5.32 Å². The Morgan fingerprint density at radius 1 is 1.26 bits per heavy atom. The van der Waals surface area contributed by atoms with Gasteiger partial charge in [-0.15, -0.1) is 0 Å². The van der Waals surface area contributed by atoms with Crippen molar-refractivity contribution in [2.24, 2.45) is 0 Å². The molecule has 0 bridgehead atoms. The fraction of sp³-hybridized carbons (Fsp3) is 0.846. The summed E-state index contributed by atoms with van der Waals surface area (Å²) < 4.78 is 0. The maximum atomic E-state index is 11.9. The van der Waals surface area contributed by atoms with E-state index in [4.69, 9.17) is 5.11 Å². The first kappa shape index (κ1) is 15.8. The minimum absolute atomic E-state index is 0.0965. The number of hydrogen-bond donors (Lipinski definition) is 2. The third kappa shape index (κ3) is 4.38. The number of hydrogen-bond acceptors (Lipinski definition) is 3. The van der Waals surface area contributed by atoms with Crippen LogP contribution in [0.4, 0.5) is 4.79 Å². The van der Waals surface area contributed by atoms with Crippen molar-refractivity contribution < 1.29 is 14.7 Å². The van der Waals surface area contributed by atoms with Gasteiger partial charge in [0.2, 0.25) is 0 Å². The van der Waals surface area contributed by atoms with Gasteiger partial charge in [0.1, 0.15) is 0 Å². The van der Waals surface area contributed by atoms with Crippen LogP contribution in [-0.4, -0.2) is 66.7 Å². The molecule has 19 heavy (non-hydrogen) atoms. The van der Waals surface area contributed by atoms with Crippen LogP contribution in [0.15, 0.2) is 0 Å². The Morgan fingerprint density at radius 2 is 1.89 bits per heavy atom. The zero-order valence-electron chi connectivity index (χ0n) is 12.1. The van der Waals surface area contributed by atoms with Crippen LogP contribution in [0.1, 0.15) is 32.1 Å². The highest BCUT2D eigenvalue weighted by molar-refractivity contribution is 5.74. The maximum Gasteiger partial charge on any atom is 0.317 e. The Balaban J connectivity index is 2.28. The molecule has 1 rings (SSSR count). The van der Waals surface area contributed by atoms with Crippen molar-refractivity contribution in [2.75, 3.05) is 34.2 Å². The monoisotopic (exact) mass is 271 g/mol. The minimum Gasteiger partial charge on any atom is -0.481 e. The van der Waals surface area contributed by atoms with E-state index >= 15 is 0 Å². The first-order chi connectivity index (χ1) is 8.87. The van der Waals surface area contributed by atoms with E-state index in [0.29, 0.717) is 19.5 Å². The molecule has 2 amide bonds. The van der Waals surface area contributed by atoms with Crippen molar-refractivity contribution in [2.45, 2.75) is 37.6 Å². The number of carbonyl (C=O) groups is 2. The van der Waals surface area contributed by atoms with E-state index in [2.05, 4.69) is 10.2 Å². The van der Waals surface area contributed by atoms with Gasteiger partial charge in [-0.2, -0.15) is 0 Å². The van der Waals surface area contributed by atoms with Crippen LogP contribution in [0.3, 0.4) is 0 Å². The highest BCUT2D eigenvalue weighted by Gasteiger charge is 2.39. The van der Waals surface area contributed by atoms with Crippen molar-refractivity contribution in [3.63, 3.8) is 0 Å². The molecule has 0 aromatic rings. The predicted octanol–water partition coefficient (Wildman–Crippen LogP) is 0.977. The molecular formula is C13H25N3O3. The molecule has 1 aliphatic carbocycles. The van der Waals surface area contributed by atoms with Crippen LogP contribution in [-0.2, 0) is 4.79 Å². The van der Waals surface area contributed by atoms with Crippen molar-refractivity contribution in [3.05, 3.63) is 0 Å². The van der Waals surface area contributed by atoms with Crippen LogP contribution in [0.2, 0.25) is 0 Å². The van der Waals surface area contributed by atoms with E-state index in [1.165, 1.54) is 6.42 Å². The number of nitrogens with one attached hydrogen (secondary N) is 1. The minimum atomic E-state index is -0.824. The summed E-state index contributed by atoms with van der Waals surface area (Å²) in [6, 6.07) is -0.126. The molecule has 1 aliphatic rings. The van der Waals surface area contributed by atoms with Gasteiger partial charge < -0.3 is 20.2 Å². The molecule has 0 saturated heterocycles. The Kier molecular flexibility index (Phi) is 5.60. The van der Waals surface area contributed by atoms with Gasteiger partial charge in [0.05, 0.1) is 0 Å². The number of amides is 2. The highest BCUT2D eigenvalue weighted by Crippen LogP contribution is 2.35. The second-order valence-corrected chi connectivity index (χ2v) is 5.55. The summed E-state index contributed by atoms with van der Waals surface area (Å²) in [7, 11) is 5.78. The summed E-state index contributed by atoms with van der Waals surface area (Å²) >= 11 is 0. The summed E-state index contributed by atoms with van der Waals surface area (Å²) in [5.41, 5.74) is 0.109. The SMILES string of the molecule is CN(CCCC(=O)O)C(=O)NCC1(N(C)C)CCC1. The van der Waals surface area contributed by atoms with E-state index in [1.54, 1.807) is 11.9 Å². The first-order valence-electron chi connectivity index (χ1n) is 6.75. The summed E-state index contributed by atoms with van der Waals surface area (Å²) in [5.74, 6) is -0.824. The Bertz CT molecular complexity index is 327. The lowest BCUT2D eigenvalue weighted by atomic mass is 9.75. The number of carboxylic acid groups (broad SMARTS) is 1. The van der Waals surface area contributed by atoms with E-state index in [0.717, 1.165) is 12.8 Å². The van der Waals surface area contributed by atoms with Crippen LogP contribution in [0.5, 0.6) is 0 Å². The lowest BCUT2D eigenvalue weighted by molar-refractivity contribution is -0.137. The number of carboxylic acids is 1. The van der Waals surface area contributed by atoms with Crippen LogP contribution in [0, 0.1) is 0 Å². The molecule has 0 aliphatic heterocycles. The van der Waals surface area contributed by atoms with Crippen molar-refractivity contribution in [3.8, 4) is 0 Å². The molecule has 6 heteroatoms. The fourth-order valence-corrected chi connectivity index (χ4v) is 2.31. The predicted molar refractivity (Wildman–Crippen MR) is 73.2 cm³/mol. The first-order valence-corrected chi connectivity index (χ1v) is 6.75. The summed E-state index contributed by atoms with van der Waals surface area (Å²) in [6.07, 6.45) is 4.02. The molecule has 0 aromatic carbocycles. The number of aliphatic carboxylic acids is 1. The highest BCUT2D eigenvalue weighted by atomic mass is 16.4. The second-order valence-electron chi connectivity index (χ2n) is 5.55. The fourth-order valence-electron chi connectivity index (χ4n) is 2.31. The summed E-state index contributed by atoms with van der Waals surface area (Å²) in [6.45, 7) is 1.12. The molecule has 1 saturated carbocycles. The molecule has 0 atom stereocenters. The van der Waals surface area contributed by atoms with Gasteiger partial charge in [-0.05, 0) is 39.8 Å². The zero-order valence-corrected chi connectivity index (χ0v) is 12.1. The molecule has 1 fully saturated rings. The molecule has 2 N–H and O–H groups in total. The quantitative estimate of drug-likeness (QED) is 0.724. The van der Waals surface area contributed by atoms with E-state index in [1.807, 2.05) is 14.1 Å². The van der Waals surface area contributed by atoms with Gasteiger partial charge >= 0.3 is 12.0 Å². The summed E-state index contributed by atoms with van der Waals surface area (Å²) in [4.78, 5) is 26.0. The lowest BCUT2D eigenvalue weighted by Gasteiger charge is -2.47. The van der Waals surface area contributed by atoms with Gasteiger partial charge in [-0.25, -0.2) is 4.79 Å². The molecule has 0 unspecified atom stereocenters. The number of carbonyl (C=O) groups excluding carboxylic acids is 1. The Labute approximate surface area is 114 Å². The third-order valence-corrected chi connectivity index (χ3v) is 4.03. The average Bonchev–Trinajstić information content (AvgIpc) is 2.25. The van der Waals surface area contributed by atoms with Gasteiger partial charge in [0, 0.05) is 32.1 Å². The number of urea groups is 1. The standard InChI is InChI=1S/C13H25N3O3/c1-15(2)13(7-5-8-13)10-14-12(19)16(3)9-4-6-11(17)18/h4-10H2,1-3H3,(H,14,19)(H,17,18). The topological polar surface area (TPSA) is 72.9 Å². The van der Waals surface area contributed by atoms with Crippen molar-refractivity contribution in [1.82, 2.24) is 15.1 Å². The number of rotatable bonds is 7. The van der Waals surface area contributed by atoms with Gasteiger partial charge in [-0.1, -0.05) is 0 Å². The smallest absolute Gasteiger partial charge is 0.317 e. The molecule has 0 radical (unpaired) electrons. The van der Waals surface area contributed by atoms with E-state index in [9.17, 15) is 9.59 Å². The Hall–Kier alpha value is -1.30. The molecule has 0 spiro atoms. The van der Waals surface area contributed by atoms with Crippen molar-refractivity contribution in [1.29, 1.82) is 0 Å². The zero-order chi connectivity index (χ0) is 14.5. The maximum absolute atomic E-state index is 11.9. The van der Waals surface area contributed by atoms with E-state index < -0.39 is 5.97 Å². The molecular weight excluding hydrogens is 246 g/mol. The average molecular weight is 271 g/mol. The van der Waals surface area contributed by atoms with Crippen LogP contribution >= 0.6 is 0 Å². The molecule has 0 heterocycles. The molecule has 110 valence electrons. The normalized spacial score (nSPS) is 16.8. The number of likely N-dealkylation sites (N-methyl/N-ethyl adjacent to an activating group) is 1. The van der Waals surface area contributed by atoms with Crippen LogP contribution in [0.25, 0.3) is 0 Å². The van der Waals surface area contributed by atoms with E-state index in [-0.39, 0.29) is 18.0 Å². The van der Waals surface area contributed by atoms with Gasteiger partial charge in [0.25, 0.3) is 0 Å². The van der Waals surface area contributed by atoms with Gasteiger partial charge in [0.15, 0.2) is 0 Å². The van der Waals surface area contributed by atoms with Crippen molar-refractivity contribution >= 4 is 12.0 Å². The summed E-state index contributed by atoms with van der Waals surface area (Å²) in [5, 5.41) is 11.5. The Morgan fingerprint density at radius 3 is 2.32 bits per heavy atom. The largest absolute Gasteiger partial charge is 0.481 e. The molecule has 6 nitrogen and oxygen atoms in total. The lowest BCUT2D eigenvalue weighted by Crippen LogP contribution is -2.58. The number of nitrogens with zero attached hydrogens (tertiary/aromatic N) is 2.